The number of halogens is 1. The van der Waals surface area contributed by atoms with Crippen molar-refractivity contribution in [1.29, 1.82) is 0 Å². The molecule has 0 spiro atoms. The zero-order chi connectivity index (χ0) is 28.0. The first kappa shape index (κ1) is 26.1. The molecule has 3 aromatic heterocycles. The molecular formula is C32H32BrN5O2+2. The highest BCUT2D eigenvalue weighted by molar-refractivity contribution is 9.10. The maximum Gasteiger partial charge on any atom is 0.342 e. The first-order valence-corrected chi connectivity index (χ1v) is 14.1. The Hall–Kier alpha value is -4.14. The van der Waals surface area contributed by atoms with Crippen molar-refractivity contribution in [1.82, 2.24) is 15.0 Å². The molecule has 6 rings (SSSR count). The van der Waals surface area contributed by atoms with E-state index in [-0.39, 0.29) is 23.7 Å². The standard InChI is InChI=1S/C32H30BrN5O2/c1-38(2,3)18-24(23-17-36-26-16-20(33)9-10-21(23)26)28-22-11-13-34-25-12-14-35-30(29(22)25)31(32(28)40)37-27(39)15-19-7-5-4-6-8-19/h4-14,16-17,24,36H,15,18H2,1-3H3,(H2-,34,35,37,39,40)/p+2. The number of pyridine rings is 2. The third kappa shape index (κ3) is 4.85. The fraction of sp³-hybridized carbons (Fsp3) is 0.188. The predicted molar refractivity (Wildman–Crippen MR) is 166 cm³/mol. The Morgan fingerprint density at radius 3 is 2.50 bits per heavy atom. The number of rotatable bonds is 7. The number of aromatic amines is 3. The van der Waals surface area contributed by atoms with E-state index in [0.717, 1.165) is 42.8 Å². The predicted octanol–water partition coefficient (Wildman–Crippen LogP) is 5.00. The Kier molecular flexibility index (Phi) is 6.60. The largest absolute Gasteiger partial charge is 0.463 e. The van der Waals surface area contributed by atoms with Gasteiger partial charge in [0.05, 0.1) is 40.0 Å². The number of nitrogens with zero attached hydrogens (tertiary/aromatic N) is 1. The Labute approximate surface area is 239 Å². The first-order valence-electron chi connectivity index (χ1n) is 13.3. The molecule has 202 valence electrons. The van der Waals surface area contributed by atoms with Gasteiger partial charge in [0.15, 0.2) is 0 Å². The van der Waals surface area contributed by atoms with Gasteiger partial charge in [0.1, 0.15) is 5.52 Å². The van der Waals surface area contributed by atoms with Gasteiger partial charge in [0.2, 0.25) is 0 Å². The summed E-state index contributed by atoms with van der Waals surface area (Å²) in [5.41, 5.74) is 5.51. The van der Waals surface area contributed by atoms with Crippen molar-refractivity contribution in [3.63, 3.8) is 0 Å². The van der Waals surface area contributed by atoms with Crippen LogP contribution in [0.1, 0.15) is 22.6 Å². The summed E-state index contributed by atoms with van der Waals surface area (Å²) in [6, 6.07) is 19.9. The lowest BCUT2D eigenvalue weighted by molar-refractivity contribution is -0.871. The van der Waals surface area contributed by atoms with E-state index >= 15 is 0 Å². The average Bonchev–Trinajstić information content (AvgIpc) is 3.33. The number of H-pyrrole nitrogens is 3. The molecule has 40 heavy (non-hydrogen) atoms. The van der Waals surface area contributed by atoms with Crippen LogP contribution in [-0.4, -0.2) is 58.1 Å². The molecular weight excluding hydrogens is 566 g/mol. The van der Waals surface area contributed by atoms with Crippen molar-refractivity contribution in [2.45, 2.75) is 12.3 Å². The molecule has 0 amide bonds. The number of fused-ring (bicyclic) bond motifs is 1. The van der Waals surface area contributed by atoms with Crippen molar-refractivity contribution in [3.05, 3.63) is 111 Å². The molecule has 0 fully saturated rings. The third-order valence-corrected chi connectivity index (χ3v) is 7.87. The second kappa shape index (κ2) is 10.1. The summed E-state index contributed by atoms with van der Waals surface area (Å²) in [5, 5.41) is 13.9. The Bertz CT molecular complexity index is 1940. The van der Waals surface area contributed by atoms with Gasteiger partial charge in [-0.3, -0.25) is 4.79 Å². The van der Waals surface area contributed by atoms with E-state index in [1.807, 2.05) is 67.1 Å². The number of likely N-dealkylation sites (N-methyl/N-ethyl adjacent to an activating group) is 1. The second-order valence-corrected chi connectivity index (χ2v) is 12.3. The van der Waals surface area contributed by atoms with Crippen LogP contribution in [0.5, 0.6) is 0 Å². The minimum absolute atomic E-state index is 0.0164. The van der Waals surface area contributed by atoms with Gasteiger partial charge in [-0.2, -0.15) is 4.99 Å². The fourth-order valence-corrected chi connectivity index (χ4v) is 6.09. The maximum absolute atomic E-state index is 14.6. The van der Waals surface area contributed by atoms with E-state index in [1.165, 1.54) is 0 Å². The number of benzene rings is 3. The number of aliphatic hydroxyl groups excluding tert-OH is 1. The van der Waals surface area contributed by atoms with Gasteiger partial charge in [-0.25, -0.2) is 0 Å². The fourth-order valence-electron chi connectivity index (χ4n) is 5.73. The van der Waals surface area contributed by atoms with Gasteiger partial charge in [0.25, 0.3) is 11.1 Å². The summed E-state index contributed by atoms with van der Waals surface area (Å²) in [6.45, 7) is 0.697. The van der Waals surface area contributed by atoms with E-state index in [0.29, 0.717) is 27.8 Å². The zero-order valence-corrected chi connectivity index (χ0v) is 24.3. The molecule has 0 aliphatic rings. The Morgan fingerprint density at radius 1 is 0.950 bits per heavy atom. The molecule has 1 unspecified atom stereocenters. The van der Waals surface area contributed by atoms with Crippen LogP contribution in [0.4, 0.5) is 5.69 Å². The number of nitrogens with one attached hydrogen (secondary N) is 4. The summed E-state index contributed by atoms with van der Waals surface area (Å²) < 4.78 is 1.65. The average molecular weight is 599 g/mol. The van der Waals surface area contributed by atoms with Crippen LogP contribution in [0.15, 0.2) is 88.5 Å². The molecule has 0 saturated heterocycles. The first-order chi connectivity index (χ1) is 19.2. The van der Waals surface area contributed by atoms with Crippen LogP contribution in [0.25, 0.3) is 32.7 Å². The highest BCUT2D eigenvalue weighted by Gasteiger charge is 2.32. The number of aliphatic hydroxyl groups is 1. The van der Waals surface area contributed by atoms with Crippen LogP contribution >= 0.6 is 15.9 Å². The zero-order valence-electron chi connectivity index (χ0n) is 22.7. The number of quaternary nitrogens is 1. The van der Waals surface area contributed by atoms with E-state index < -0.39 is 0 Å². The summed E-state index contributed by atoms with van der Waals surface area (Å²) in [5.74, 6) is -0.197. The van der Waals surface area contributed by atoms with Gasteiger partial charge >= 0.3 is 5.90 Å². The molecule has 8 heteroatoms. The van der Waals surface area contributed by atoms with Gasteiger partial charge in [-0.05, 0) is 40.8 Å². The molecule has 3 aromatic carbocycles. The van der Waals surface area contributed by atoms with E-state index in [9.17, 15) is 9.90 Å². The van der Waals surface area contributed by atoms with E-state index in [4.69, 9.17) is 0 Å². The smallest absolute Gasteiger partial charge is 0.342 e. The Balaban J connectivity index is 1.65. The quantitative estimate of drug-likeness (QED) is 0.102. The number of hydrogen-bond acceptors (Lipinski definition) is 1. The summed E-state index contributed by atoms with van der Waals surface area (Å²) >= 11 is 3.58. The van der Waals surface area contributed by atoms with Gasteiger partial charge in [-0.1, -0.05) is 52.3 Å². The number of aromatic nitrogens is 3. The van der Waals surface area contributed by atoms with Crippen LogP contribution in [0, 0.1) is 0 Å². The minimum atomic E-state index is -0.213. The minimum Gasteiger partial charge on any atom is -0.463 e. The lowest BCUT2D eigenvalue weighted by Gasteiger charge is -2.30. The lowest BCUT2D eigenvalue weighted by Crippen LogP contribution is -2.69. The molecule has 6 aromatic rings. The van der Waals surface area contributed by atoms with Crippen molar-refractivity contribution in [3.8, 4) is 0 Å². The summed E-state index contributed by atoms with van der Waals surface area (Å²) in [6.07, 6.45) is 6.02. The topological polar surface area (TPSA) is 98.6 Å². The summed E-state index contributed by atoms with van der Waals surface area (Å²) in [7, 11) is 6.43. The van der Waals surface area contributed by atoms with Gasteiger partial charge < -0.3 is 24.5 Å². The summed E-state index contributed by atoms with van der Waals surface area (Å²) in [4.78, 5) is 27.8. The van der Waals surface area contributed by atoms with Crippen molar-refractivity contribution < 1.29 is 14.6 Å². The second-order valence-electron chi connectivity index (χ2n) is 11.3. The van der Waals surface area contributed by atoms with Crippen LogP contribution < -0.4 is 10.4 Å². The number of hydrogen-bond donors (Lipinski definition) is 5. The SMILES string of the molecule is C[N+](C)(C)CC(c1c[nH]c2cc(Br)ccc12)c1c(=O)c([NH+]=C(O)Cc2ccccc2)c2[nH]ccc3[nH]ccc1c32. The van der Waals surface area contributed by atoms with Crippen LogP contribution in [-0.2, 0) is 6.42 Å². The maximum atomic E-state index is 14.6. The molecule has 5 N–H and O–H groups in total. The van der Waals surface area contributed by atoms with Gasteiger partial charge in [0, 0.05) is 50.4 Å². The molecule has 3 heterocycles. The Morgan fingerprint density at radius 2 is 1.73 bits per heavy atom. The molecule has 0 aliphatic heterocycles. The molecule has 0 aliphatic carbocycles. The van der Waals surface area contributed by atoms with Crippen molar-refractivity contribution in [2.24, 2.45) is 0 Å². The van der Waals surface area contributed by atoms with E-state index in [1.54, 1.807) is 0 Å². The highest BCUT2D eigenvalue weighted by atomic mass is 79.9. The van der Waals surface area contributed by atoms with Crippen molar-refractivity contribution >= 4 is 60.2 Å². The van der Waals surface area contributed by atoms with E-state index in [2.05, 4.69) is 69.2 Å². The molecule has 1 atom stereocenters. The van der Waals surface area contributed by atoms with Crippen LogP contribution in [0.3, 0.4) is 0 Å². The van der Waals surface area contributed by atoms with Crippen LogP contribution in [0.2, 0.25) is 0 Å². The van der Waals surface area contributed by atoms with Gasteiger partial charge in [-0.15, -0.1) is 0 Å². The van der Waals surface area contributed by atoms with Crippen molar-refractivity contribution in [2.75, 3.05) is 27.7 Å². The molecule has 0 saturated carbocycles. The molecule has 0 bridgehead atoms. The molecule has 7 nitrogen and oxygen atoms in total. The monoisotopic (exact) mass is 597 g/mol. The lowest BCUT2D eigenvalue weighted by atomic mass is 9.85. The molecule has 0 radical (unpaired) electrons. The normalized spacial score (nSPS) is 13.4. The third-order valence-electron chi connectivity index (χ3n) is 7.38. The highest BCUT2D eigenvalue weighted by Crippen LogP contribution is 2.37.